The van der Waals surface area contributed by atoms with Crippen molar-refractivity contribution in [2.45, 2.75) is 47.1 Å². The first kappa shape index (κ1) is 15.2. The van der Waals surface area contributed by atoms with Crippen molar-refractivity contribution in [3.63, 3.8) is 0 Å². The molecule has 0 saturated carbocycles. The van der Waals surface area contributed by atoms with Gasteiger partial charge in [-0.2, -0.15) is 5.26 Å². The SMILES string of the molecule is Cc1nc(NCC(C)(C)C)cc(NC(C)(C)C#N)n1. The van der Waals surface area contributed by atoms with Gasteiger partial charge in [-0.1, -0.05) is 20.8 Å². The van der Waals surface area contributed by atoms with E-state index in [-0.39, 0.29) is 5.41 Å². The zero-order chi connectivity index (χ0) is 14.7. The Hall–Kier alpha value is -1.83. The summed E-state index contributed by atoms with van der Waals surface area (Å²) >= 11 is 0. The maximum atomic E-state index is 9.03. The van der Waals surface area contributed by atoms with Crippen molar-refractivity contribution < 1.29 is 0 Å². The van der Waals surface area contributed by atoms with Crippen LogP contribution in [0.4, 0.5) is 11.6 Å². The van der Waals surface area contributed by atoms with Crippen LogP contribution in [0.15, 0.2) is 6.07 Å². The van der Waals surface area contributed by atoms with Crippen LogP contribution in [-0.2, 0) is 0 Å². The van der Waals surface area contributed by atoms with Gasteiger partial charge in [-0.25, -0.2) is 9.97 Å². The van der Waals surface area contributed by atoms with Gasteiger partial charge >= 0.3 is 0 Å². The van der Waals surface area contributed by atoms with E-state index < -0.39 is 5.54 Å². The predicted molar refractivity (Wildman–Crippen MR) is 78.0 cm³/mol. The Labute approximate surface area is 115 Å². The number of aromatic nitrogens is 2. The number of nitriles is 1. The number of nitrogens with zero attached hydrogens (tertiary/aromatic N) is 3. The van der Waals surface area contributed by atoms with Crippen molar-refractivity contribution in [2.24, 2.45) is 5.41 Å². The number of rotatable bonds is 4. The van der Waals surface area contributed by atoms with Gasteiger partial charge in [-0.3, -0.25) is 0 Å². The maximum absolute atomic E-state index is 9.03. The van der Waals surface area contributed by atoms with Gasteiger partial charge in [0, 0.05) is 12.6 Å². The van der Waals surface area contributed by atoms with Crippen molar-refractivity contribution in [3.05, 3.63) is 11.9 Å². The minimum absolute atomic E-state index is 0.179. The Kier molecular flexibility index (Phi) is 4.35. The first-order valence-corrected chi connectivity index (χ1v) is 6.40. The molecule has 0 atom stereocenters. The van der Waals surface area contributed by atoms with Crippen LogP contribution in [0, 0.1) is 23.7 Å². The van der Waals surface area contributed by atoms with E-state index >= 15 is 0 Å². The molecular formula is C14H23N5. The van der Waals surface area contributed by atoms with Crippen LogP contribution in [-0.4, -0.2) is 22.1 Å². The molecule has 1 aromatic heterocycles. The van der Waals surface area contributed by atoms with E-state index in [0.717, 1.165) is 12.4 Å². The fourth-order valence-corrected chi connectivity index (χ4v) is 1.43. The largest absolute Gasteiger partial charge is 0.369 e. The molecule has 0 aliphatic carbocycles. The molecule has 0 unspecified atom stereocenters. The highest BCUT2D eigenvalue weighted by atomic mass is 15.1. The van der Waals surface area contributed by atoms with E-state index in [1.54, 1.807) is 0 Å². The van der Waals surface area contributed by atoms with Gasteiger partial charge in [-0.05, 0) is 26.2 Å². The van der Waals surface area contributed by atoms with E-state index in [2.05, 4.69) is 47.4 Å². The second kappa shape index (κ2) is 5.43. The molecule has 0 spiro atoms. The molecule has 0 aromatic carbocycles. The topological polar surface area (TPSA) is 73.6 Å². The second-order valence-corrected chi connectivity index (χ2v) is 6.46. The summed E-state index contributed by atoms with van der Waals surface area (Å²) in [6, 6.07) is 4.02. The standard InChI is InChI=1S/C14H23N5/c1-10-17-11(16-9-13(2,3)4)7-12(18-10)19-14(5,6)8-15/h7H,9H2,1-6H3,(H2,16,17,18,19). The second-order valence-electron chi connectivity index (χ2n) is 6.46. The molecule has 1 aromatic rings. The Bertz CT molecular complexity index is 480. The van der Waals surface area contributed by atoms with Crippen molar-refractivity contribution in [1.82, 2.24) is 9.97 Å². The number of aryl methyl sites for hydroxylation is 1. The lowest BCUT2D eigenvalue weighted by atomic mass is 9.97. The Balaban J connectivity index is 2.86. The summed E-state index contributed by atoms with van der Waals surface area (Å²) in [6.45, 7) is 12.8. The summed E-state index contributed by atoms with van der Waals surface area (Å²) in [6.07, 6.45) is 0. The van der Waals surface area contributed by atoms with Crippen molar-refractivity contribution in [2.75, 3.05) is 17.2 Å². The van der Waals surface area contributed by atoms with E-state index in [9.17, 15) is 0 Å². The normalized spacial score (nSPS) is 11.8. The first-order valence-electron chi connectivity index (χ1n) is 6.40. The van der Waals surface area contributed by atoms with Crippen LogP contribution in [0.3, 0.4) is 0 Å². The fourth-order valence-electron chi connectivity index (χ4n) is 1.43. The van der Waals surface area contributed by atoms with Crippen LogP contribution in [0.5, 0.6) is 0 Å². The van der Waals surface area contributed by atoms with Crippen LogP contribution < -0.4 is 10.6 Å². The minimum Gasteiger partial charge on any atom is -0.369 e. The summed E-state index contributed by atoms with van der Waals surface area (Å²) in [7, 11) is 0. The molecule has 0 amide bonds. The third kappa shape index (κ3) is 5.56. The van der Waals surface area contributed by atoms with Crippen molar-refractivity contribution in [3.8, 4) is 6.07 Å². The van der Waals surface area contributed by atoms with Gasteiger partial charge < -0.3 is 10.6 Å². The lowest BCUT2D eigenvalue weighted by Gasteiger charge is -2.21. The molecular weight excluding hydrogens is 238 g/mol. The Morgan fingerprint density at radius 3 is 2.26 bits per heavy atom. The van der Waals surface area contributed by atoms with Gasteiger partial charge in [0.2, 0.25) is 0 Å². The average Bonchev–Trinajstić information content (AvgIpc) is 2.24. The van der Waals surface area contributed by atoms with Gasteiger partial charge in [0.25, 0.3) is 0 Å². The summed E-state index contributed by atoms with van der Waals surface area (Å²) < 4.78 is 0. The van der Waals surface area contributed by atoms with Gasteiger partial charge in [-0.15, -0.1) is 0 Å². The highest BCUT2D eigenvalue weighted by Crippen LogP contribution is 2.18. The van der Waals surface area contributed by atoms with Crippen molar-refractivity contribution >= 4 is 11.6 Å². The smallest absolute Gasteiger partial charge is 0.133 e. The van der Waals surface area contributed by atoms with E-state index in [1.165, 1.54) is 0 Å². The fraction of sp³-hybridized carbons (Fsp3) is 0.643. The molecule has 2 N–H and O–H groups in total. The monoisotopic (exact) mass is 261 g/mol. The van der Waals surface area contributed by atoms with Gasteiger partial charge in [0.15, 0.2) is 0 Å². The number of nitrogens with one attached hydrogen (secondary N) is 2. The molecule has 104 valence electrons. The third-order valence-electron chi connectivity index (χ3n) is 2.36. The number of hydrogen-bond acceptors (Lipinski definition) is 5. The quantitative estimate of drug-likeness (QED) is 0.871. The van der Waals surface area contributed by atoms with Crippen LogP contribution in [0.25, 0.3) is 0 Å². The first-order chi connectivity index (χ1) is 8.61. The molecule has 5 heteroatoms. The predicted octanol–water partition coefficient (Wildman–Crippen LogP) is 2.96. The molecule has 1 rings (SSSR count). The molecule has 0 saturated heterocycles. The third-order valence-corrected chi connectivity index (χ3v) is 2.36. The lowest BCUT2D eigenvalue weighted by Crippen LogP contribution is -2.29. The summed E-state index contributed by atoms with van der Waals surface area (Å²) in [5.41, 5.74) is -0.472. The molecule has 0 aliphatic rings. The molecule has 0 radical (unpaired) electrons. The van der Waals surface area contributed by atoms with Crippen molar-refractivity contribution in [1.29, 1.82) is 5.26 Å². The molecule has 5 nitrogen and oxygen atoms in total. The van der Waals surface area contributed by atoms with Crippen LogP contribution in [0.1, 0.15) is 40.4 Å². The highest BCUT2D eigenvalue weighted by Gasteiger charge is 2.17. The highest BCUT2D eigenvalue weighted by molar-refractivity contribution is 5.49. The molecule has 1 heterocycles. The summed E-state index contributed by atoms with van der Waals surface area (Å²) in [4.78, 5) is 8.65. The number of anilines is 2. The van der Waals surface area contributed by atoms with Gasteiger partial charge in [0.1, 0.15) is 23.0 Å². The summed E-state index contributed by atoms with van der Waals surface area (Å²) in [5, 5.41) is 15.4. The van der Waals surface area contributed by atoms with E-state index in [4.69, 9.17) is 5.26 Å². The van der Waals surface area contributed by atoms with E-state index in [0.29, 0.717) is 11.6 Å². The van der Waals surface area contributed by atoms with Gasteiger partial charge in [0.05, 0.1) is 6.07 Å². The maximum Gasteiger partial charge on any atom is 0.133 e. The summed E-state index contributed by atoms with van der Waals surface area (Å²) in [5.74, 6) is 2.12. The Morgan fingerprint density at radius 1 is 1.16 bits per heavy atom. The van der Waals surface area contributed by atoms with Crippen LogP contribution in [0.2, 0.25) is 0 Å². The molecule has 0 aliphatic heterocycles. The number of hydrogen-bond donors (Lipinski definition) is 2. The van der Waals surface area contributed by atoms with Crippen LogP contribution >= 0.6 is 0 Å². The zero-order valence-electron chi connectivity index (χ0n) is 12.6. The molecule has 0 bridgehead atoms. The zero-order valence-corrected chi connectivity index (χ0v) is 12.6. The lowest BCUT2D eigenvalue weighted by molar-refractivity contribution is 0.442. The minimum atomic E-state index is -0.651. The molecule has 19 heavy (non-hydrogen) atoms. The average molecular weight is 261 g/mol. The molecule has 0 fully saturated rings. The Morgan fingerprint density at radius 2 is 1.74 bits per heavy atom. The van der Waals surface area contributed by atoms with E-state index in [1.807, 2.05) is 26.8 Å².